The van der Waals surface area contributed by atoms with Crippen LogP contribution in [-0.4, -0.2) is 30.5 Å². The van der Waals surface area contributed by atoms with Crippen LogP contribution >= 0.6 is 0 Å². The van der Waals surface area contributed by atoms with E-state index in [9.17, 15) is 14.7 Å². The maximum Gasteiger partial charge on any atom is 0.300 e. The predicted octanol–water partition coefficient (Wildman–Crippen LogP) is 5.66. The van der Waals surface area contributed by atoms with E-state index in [0.717, 1.165) is 5.56 Å². The second kappa shape index (κ2) is 10.1. The SMILES string of the molecule is COc1ccccc1C1/C(=C(/O)c2cccc(OCC(C)C)c2)C(=O)C(=O)N1c1ccc(C)cc1. The summed E-state index contributed by atoms with van der Waals surface area (Å²) in [5.41, 5.74) is 2.58. The summed E-state index contributed by atoms with van der Waals surface area (Å²) in [5, 5.41) is 11.4. The van der Waals surface area contributed by atoms with Crippen LogP contribution < -0.4 is 14.4 Å². The molecule has 3 aromatic rings. The summed E-state index contributed by atoms with van der Waals surface area (Å²) in [5.74, 6) is -0.312. The monoisotopic (exact) mass is 471 g/mol. The Bertz CT molecular complexity index is 1280. The Morgan fingerprint density at radius 2 is 1.71 bits per heavy atom. The second-order valence-electron chi connectivity index (χ2n) is 8.98. The average Bonchev–Trinajstić information content (AvgIpc) is 3.13. The molecule has 1 N–H and O–H groups in total. The van der Waals surface area contributed by atoms with E-state index >= 15 is 0 Å². The molecule has 0 spiro atoms. The van der Waals surface area contributed by atoms with Crippen LogP contribution in [0.25, 0.3) is 5.76 Å². The predicted molar refractivity (Wildman–Crippen MR) is 136 cm³/mol. The van der Waals surface area contributed by atoms with Gasteiger partial charge in [0.1, 0.15) is 17.3 Å². The fraction of sp³-hybridized carbons (Fsp3) is 0.241. The molecule has 1 aliphatic rings. The van der Waals surface area contributed by atoms with Gasteiger partial charge in [-0.2, -0.15) is 0 Å². The zero-order chi connectivity index (χ0) is 25.1. The number of aryl methyl sites for hydroxylation is 1. The Kier molecular flexibility index (Phi) is 6.92. The molecular formula is C29H29NO5. The molecule has 1 heterocycles. The van der Waals surface area contributed by atoms with E-state index in [1.54, 1.807) is 48.5 Å². The first-order valence-corrected chi connectivity index (χ1v) is 11.6. The number of hydrogen-bond acceptors (Lipinski definition) is 5. The van der Waals surface area contributed by atoms with Crippen molar-refractivity contribution >= 4 is 23.1 Å². The van der Waals surface area contributed by atoms with E-state index in [4.69, 9.17) is 9.47 Å². The lowest BCUT2D eigenvalue weighted by Crippen LogP contribution is -2.29. The Morgan fingerprint density at radius 1 is 1.00 bits per heavy atom. The fourth-order valence-corrected chi connectivity index (χ4v) is 4.14. The molecule has 1 saturated heterocycles. The van der Waals surface area contributed by atoms with Gasteiger partial charge in [-0.3, -0.25) is 14.5 Å². The zero-order valence-electron chi connectivity index (χ0n) is 20.3. The molecule has 1 fully saturated rings. The molecule has 1 aliphatic heterocycles. The van der Waals surface area contributed by atoms with Crippen LogP contribution in [-0.2, 0) is 9.59 Å². The van der Waals surface area contributed by atoms with Gasteiger partial charge in [-0.1, -0.05) is 61.9 Å². The van der Waals surface area contributed by atoms with Crippen molar-refractivity contribution in [3.8, 4) is 11.5 Å². The summed E-state index contributed by atoms with van der Waals surface area (Å²) in [6, 6.07) is 20.6. The third kappa shape index (κ3) is 4.78. The van der Waals surface area contributed by atoms with Gasteiger partial charge in [0.05, 0.1) is 25.3 Å². The van der Waals surface area contributed by atoms with Gasteiger partial charge < -0.3 is 14.6 Å². The van der Waals surface area contributed by atoms with Gasteiger partial charge in [-0.25, -0.2) is 0 Å². The number of benzene rings is 3. The van der Waals surface area contributed by atoms with Crippen LogP contribution in [0.15, 0.2) is 78.4 Å². The number of nitrogens with zero attached hydrogens (tertiary/aromatic N) is 1. The van der Waals surface area contributed by atoms with Crippen LogP contribution in [0.2, 0.25) is 0 Å². The zero-order valence-corrected chi connectivity index (χ0v) is 20.3. The van der Waals surface area contributed by atoms with Gasteiger partial charge in [0.2, 0.25) is 0 Å². The molecule has 0 aromatic heterocycles. The van der Waals surface area contributed by atoms with Crippen LogP contribution in [0.5, 0.6) is 11.5 Å². The first-order chi connectivity index (χ1) is 16.8. The number of carbonyl (C=O) groups excluding carboxylic acids is 2. The van der Waals surface area contributed by atoms with Crippen molar-refractivity contribution in [2.24, 2.45) is 5.92 Å². The van der Waals surface area contributed by atoms with Crippen LogP contribution in [0.1, 0.15) is 36.6 Å². The topological polar surface area (TPSA) is 76.1 Å². The second-order valence-corrected chi connectivity index (χ2v) is 8.98. The highest BCUT2D eigenvalue weighted by atomic mass is 16.5. The van der Waals surface area contributed by atoms with Crippen molar-refractivity contribution in [2.45, 2.75) is 26.8 Å². The number of para-hydroxylation sites is 1. The molecule has 0 aliphatic carbocycles. The molecule has 6 heteroatoms. The highest BCUT2D eigenvalue weighted by molar-refractivity contribution is 6.51. The molecule has 4 rings (SSSR count). The van der Waals surface area contributed by atoms with Gasteiger partial charge in [-0.15, -0.1) is 0 Å². The van der Waals surface area contributed by atoms with Crippen molar-refractivity contribution in [1.82, 2.24) is 0 Å². The van der Waals surface area contributed by atoms with Crippen molar-refractivity contribution in [2.75, 3.05) is 18.6 Å². The standard InChI is InChI=1S/C29H29NO5/c1-18(2)17-35-22-9-7-8-20(16-22)27(31)25-26(23-10-5-6-11-24(23)34-4)30(29(33)28(25)32)21-14-12-19(3)13-15-21/h5-16,18,26,31H,17H2,1-4H3/b27-25-. The number of amides is 1. The van der Waals surface area contributed by atoms with Crippen LogP contribution in [0, 0.1) is 12.8 Å². The van der Waals surface area contributed by atoms with Crippen molar-refractivity contribution < 1.29 is 24.2 Å². The minimum Gasteiger partial charge on any atom is -0.507 e. The summed E-state index contributed by atoms with van der Waals surface area (Å²) >= 11 is 0. The Morgan fingerprint density at radius 3 is 2.40 bits per heavy atom. The highest BCUT2D eigenvalue weighted by Crippen LogP contribution is 2.45. The lowest BCUT2D eigenvalue weighted by Gasteiger charge is -2.26. The molecule has 1 unspecified atom stereocenters. The molecule has 35 heavy (non-hydrogen) atoms. The molecule has 0 saturated carbocycles. The van der Waals surface area contributed by atoms with E-state index in [0.29, 0.717) is 40.8 Å². The summed E-state index contributed by atoms with van der Waals surface area (Å²) in [7, 11) is 1.53. The first-order valence-electron chi connectivity index (χ1n) is 11.6. The highest BCUT2D eigenvalue weighted by Gasteiger charge is 2.47. The number of aliphatic hydroxyl groups is 1. The van der Waals surface area contributed by atoms with Crippen LogP contribution in [0.4, 0.5) is 5.69 Å². The maximum absolute atomic E-state index is 13.4. The molecule has 0 radical (unpaired) electrons. The van der Waals surface area contributed by atoms with Gasteiger partial charge in [-0.05, 0) is 43.2 Å². The molecule has 1 amide bonds. The Hall–Kier alpha value is -4.06. The number of carbonyl (C=O) groups is 2. The van der Waals surface area contributed by atoms with Gasteiger partial charge >= 0.3 is 0 Å². The molecule has 1 atom stereocenters. The number of ketones is 1. The summed E-state index contributed by atoms with van der Waals surface area (Å²) < 4.78 is 11.4. The number of aliphatic hydroxyl groups excluding tert-OH is 1. The quantitative estimate of drug-likeness (QED) is 0.273. The van der Waals surface area contributed by atoms with Crippen molar-refractivity contribution in [1.29, 1.82) is 0 Å². The van der Waals surface area contributed by atoms with E-state index in [1.807, 2.05) is 45.0 Å². The molecule has 6 nitrogen and oxygen atoms in total. The minimum absolute atomic E-state index is 0.00100. The molecule has 3 aromatic carbocycles. The van der Waals surface area contributed by atoms with E-state index in [2.05, 4.69) is 0 Å². The van der Waals surface area contributed by atoms with Gasteiger partial charge in [0.15, 0.2) is 0 Å². The van der Waals surface area contributed by atoms with Gasteiger partial charge in [0.25, 0.3) is 11.7 Å². The number of rotatable bonds is 7. The maximum atomic E-state index is 13.4. The third-order valence-electron chi connectivity index (χ3n) is 5.88. The molecule has 180 valence electrons. The Balaban J connectivity index is 1.89. The lowest BCUT2D eigenvalue weighted by atomic mass is 9.94. The minimum atomic E-state index is -0.867. The normalized spacial score (nSPS) is 17.2. The number of Topliss-reactive ketones (excluding diaryl/α,β-unsaturated/α-hetero) is 1. The third-order valence-corrected chi connectivity index (χ3v) is 5.88. The molecular weight excluding hydrogens is 442 g/mol. The first kappa shape index (κ1) is 24.1. The number of ether oxygens (including phenoxy) is 2. The largest absolute Gasteiger partial charge is 0.507 e. The van der Waals surface area contributed by atoms with Crippen LogP contribution in [0.3, 0.4) is 0 Å². The average molecular weight is 472 g/mol. The summed E-state index contributed by atoms with van der Waals surface area (Å²) in [4.78, 5) is 28.1. The van der Waals surface area contributed by atoms with Gasteiger partial charge in [0, 0.05) is 16.8 Å². The number of anilines is 1. The fourth-order valence-electron chi connectivity index (χ4n) is 4.14. The summed E-state index contributed by atoms with van der Waals surface area (Å²) in [6.45, 7) is 6.56. The van der Waals surface area contributed by atoms with Crippen molar-refractivity contribution in [3.05, 3.63) is 95.1 Å². The van der Waals surface area contributed by atoms with Crippen molar-refractivity contribution in [3.63, 3.8) is 0 Å². The molecule has 0 bridgehead atoms. The summed E-state index contributed by atoms with van der Waals surface area (Å²) in [6.07, 6.45) is 0. The van der Waals surface area contributed by atoms with E-state index in [1.165, 1.54) is 12.0 Å². The van der Waals surface area contributed by atoms with E-state index < -0.39 is 17.7 Å². The lowest BCUT2D eigenvalue weighted by molar-refractivity contribution is -0.132. The smallest absolute Gasteiger partial charge is 0.300 e. The van der Waals surface area contributed by atoms with E-state index in [-0.39, 0.29) is 11.3 Å². The Labute approximate surface area is 205 Å². The number of hydrogen-bond donors (Lipinski definition) is 1. The number of methoxy groups -OCH3 is 1.